The van der Waals surface area contributed by atoms with E-state index in [4.69, 9.17) is 0 Å². The average Bonchev–Trinajstić information content (AvgIpc) is 2.64. The highest BCUT2D eigenvalue weighted by molar-refractivity contribution is 5.13. The van der Waals surface area contributed by atoms with Crippen LogP contribution in [0.25, 0.3) is 0 Å². The average molecular weight is 261 g/mol. The van der Waals surface area contributed by atoms with Crippen LogP contribution in [0.4, 0.5) is 0 Å². The molecule has 3 heteroatoms. The summed E-state index contributed by atoms with van der Waals surface area (Å²) in [7, 11) is 0. The van der Waals surface area contributed by atoms with Gasteiger partial charge in [0, 0.05) is 30.5 Å². The van der Waals surface area contributed by atoms with Gasteiger partial charge in [-0.1, -0.05) is 19.9 Å². The zero-order valence-corrected chi connectivity index (χ0v) is 12.6. The number of pyridine rings is 1. The summed E-state index contributed by atoms with van der Waals surface area (Å²) >= 11 is 0. The third kappa shape index (κ3) is 3.77. The molecule has 3 nitrogen and oxygen atoms in total. The van der Waals surface area contributed by atoms with Crippen LogP contribution in [-0.4, -0.2) is 35.1 Å². The number of nitrogens with zero attached hydrogens (tertiary/aromatic N) is 2. The van der Waals surface area contributed by atoms with Crippen molar-refractivity contribution in [1.82, 2.24) is 15.2 Å². The second-order valence-electron chi connectivity index (χ2n) is 5.79. The lowest BCUT2D eigenvalue weighted by atomic mass is 9.92. The fourth-order valence-electron chi connectivity index (χ4n) is 2.93. The van der Waals surface area contributed by atoms with Crippen LogP contribution in [-0.2, 0) is 6.54 Å². The van der Waals surface area contributed by atoms with E-state index in [1.807, 2.05) is 13.1 Å². The summed E-state index contributed by atoms with van der Waals surface area (Å²) in [6, 6.07) is 4.32. The quantitative estimate of drug-likeness (QED) is 0.903. The van der Waals surface area contributed by atoms with Crippen molar-refractivity contribution >= 4 is 0 Å². The summed E-state index contributed by atoms with van der Waals surface area (Å²) in [5, 5.41) is 3.76. The summed E-state index contributed by atoms with van der Waals surface area (Å²) in [5.41, 5.74) is 2.72. The van der Waals surface area contributed by atoms with Crippen LogP contribution in [0.2, 0.25) is 0 Å². The van der Waals surface area contributed by atoms with Crippen molar-refractivity contribution < 1.29 is 0 Å². The van der Waals surface area contributed by atoms with Gasteiger partial charge in [0.1, 0.15) is 0 Å². The van der Waals surface area contributed by atoms with E-state index in [0.29, 0.717) is 5.54 Å². The number of aryl methyl sites for hydroxylation is 1. The summed E-state index contributed by atoms with van der Waals surface area (Å²) in [6.45, 7) is 11.1. The first-order chi connectivity index (χ1) is 9.17. The number of aromatic nitrogens is 1. The monoisotopic (exact) mass is 261 g/mol. The first-order valence-electron chi connectivity index (χ1n) is 7.56. The molecule has 19 heavy (non-hydrogen) atoms. The molecule has 0 bridgehead atoms. The van der Waals surface area contributed by atoms with Gasteiger partial charge in [-0.05, 0) is 50.9 Å². The van der Waals surface area contributed by atoms with Crippen molar-refractivity contribution in [2.45, 2.75) is 52.1 Å². The normalized spacial score (nSPS) is 20.2. The Labute approximate surface area is 117 Å². The van der Waals surface area contributed by atoms with Crippen molar-refractivity contribution in [3.63, 3.8) is 0 Å². The Bertz CT molecular complexity index is 381. The van der Waals surface area contributed by atoms with E-state index in [1.54, 1.807) is 0 Å². The van der Waals surface area contributed by atoms with Crippen LogP contribution in [0.1, 0.15) is 44.4 Å². The van der Waals surface area contributed by atoms with Gasteiger partial charge in [0.05, 0.1) is 0 Å². The van der Waals surface area contributed by atoms with Gasteiger partial charge in [-0.25, -0.2) is 0 Å². The molecule has 1 saturated heterocycles. The zero-order valence-electron chi connectivity index (χ0n) is 12.6. The molecule has 2 rings (SSSR count). The Hall–Kier alpha value is -0.930. The van der Waals surface area contributed by atoms with Gasteiger partial charge in [0.15, 0.2) is 0 Å². The SMILES string of the molecule is CCC1(CC)CN(Cc2ccc(C)nc2)CCCN1. The smallest absolute Gasteiger partial charge is 0.0372 e. The van der Waals surface area contributed by atoms with Crippen LogP contribution in [0.3, 0.4) is 0 Å². The minimum Gasteiger partial charge on any atom is -0.310 e. The van der Waals surface area contributed by atoms with Gasteiger partial charge in [-0.2, -0.15) is 0 Å². The largest absolute Gasteiger partial charge is 0.310 e. The van der Waals surface area contributed by atoms with E-state index in [0.717, 1.165) is 25.3 Å². The Morgan fingerprint density at radius 2 is 2.11 bits per heavy atom. The molecule has 1 aromatic heterocycles. The van der Waals surface area contributed by atoms with E-state index in [9.17, 15) is 0 Å². The molecule has 106 valence electrons. The van der Waals surface area contributed by atoms with Gasteiger partial charge in [-0.3, -0.25) is 9.88 Å². The van der Waals surface area contributed by atoms with Crippen molar-refractivity contribution in [3.05, 3.63) is 29.6 Å². The molecule has 0 aromatic carbocycles. The van der Waals surface area contributed by atoms with Crippen LogP contribution >= 0.6 is 0 Å². The zero-order chi connectivity index (χ0) is 13.7. The summed E-state index contributed by atoms with van der Waals surface area (Å²) in [6.07, 6.45) is 5.66. The topological polar surface area (TPSA) is 28.2 Å². The lowest BCUT2D eigenvalue weighted by Gasteiger charge is -2.35. The van der Waals surface area contributed by atoms with Crippen molar-refractivity contribution in [1.29, 1.82) is 0 Å². The Balaban J connectivity index is 2.04. The Morgan fingerprint density at radius 1 is 1.32 bits per heavy atom. The first-order valence-corrected chi connectivity index (χ1v) is 7.56. The summed E-state index contributed by atoms with van der Waals surface area (Å²) < 4.78 is 0. The molecule has 0 saturated carbocycles. The molecule has 0 radical (unpaired) electrons. The highest BCUT2D eigenvalue weighted by atomic mass is 15.2. The summed E-state index contributed by atoms with van der Waals surface area (Å²) in [5.74, 6) is 0. The fourth-order valence-corrected chi connectivity index (χ4v) is 2.93. The predicted octanol–water partition coefficient (Wildman–Crippen LogP) is 2.74. The molecule has 1 aliphatic heterocycles. The van der Waals surface area contributed by atoms with Crippen LogP contribution in [0.15, 0.2) is 18.3 Å². The molecular weight excluding hydrogens is 234 g/mol. The number of hydrogen-bond acceptors (Lipinski definition) is 3. The summed E-state index contributed by atoms with van der Waals surface area (Å²) in [4.78, 5) is 6.99. The number of hydrogen-bond donors (Lipinski definition) is 1. The van der Waals surface area contributed by atoms with Crippen molar-refractivity contribution in [2.75, 3.05) is 19.6 Å². The molecular formula is C16H27N3. The maximum atomic E-state index is 4.40. The van der Waals surface area contributed by atoms with E-state index in [1.165, 1.54) is 31.4 Å². The number of nitrogens with one attached hydrogen (secondary N) is 1. The lowest BCUT2D eigenvalue weighted by molar-refractivity contribution is 0.191. The molecule has 0 atom stereocenters. The standard InChI is InChI=1S/C16H27N3/c1-4-16(5-2)13-19(10-6-9-18-16)12-15-8-7-14(3)17-11-15/h7-8,11,18H,4-6,9-10,12-13H2,1-3H3. The van der Waals surface area contributed by atoms with E-state index in [2.05, 4.69) is 41.2 Å². The molecule has 1 fully saturated rings. The van der Waals surface area contributed by atoms with Gasteiger partial charge in [-0.15, -0.1) is 0 Å². The molecule has 2 heterocycles. The number of rotatable bonds is 4. The molecule has 0 unspecified atom stereocenters. The van der Waals surface area contributed by atoms with Gasteiger partial charge in [0.2, 0.25) is 0 Å². The molecule has 0 amide bonds. The molecule has 1 N–H and O–H groups in total. The molecule has 1 aromatic rings. The maximum absolute atomic E-state index is 4.40. The lowest BCUT2D eigenvalue weighted by Crippen LogP contribution is -2.50. The molecule has 1 aliphatic rings. The Kier molecular flexibility index (Phi) is 4.94. The van der Waals surface area contributed by atoms with Gasteiger partial charge in [0.25, 0.3) is 0 Å². The van der Waals surface area contributed by atoms with E-state index in [-0.39, 0.29) is 0 Å². The second-order valence-corrected chi connectivity index (χ2v) is 5.79. The second kappa shape index (κ2) is 6.49. The third-order valence-corrected chi connectivity index (χ3v) is 4.41. The van der Waals surface area contributed by atoms with E-state index < -0.39 is 0 Å². The highest BCUT2D eigenvalue weighted by Gasteiger charge is 2.30. The molecule has 0 aliphatic carbocycles. The van der Waals surface area contributed by atoms with Crippen LogP contribution in [0, 0.1) is 6.92 Å². The molecule has 0 spiro atoms. The maximum Gasteiger partial charge on any atom is 0.0372 e. The van der Waals surface area contributed by atoms with Crippen molar-refractivity contribution in [2.24, 2.45) is 0 Å². The Morgan fingerprint density at radius 3 is 2.74 bits per heavy atom. The highest BCUT2D eigenvalue weighted by Crippen LogP contribution is 2.21. The fraction of sp³-hybridized carbons (Fsp3) is 0.688. The van der Waals surface area contributed by atoms with Gasteiger partial charge >= 0.3 is 0 Å². The van der Waals surface area contributed by atoms with E-state index >= 15 is 0 Å². The van der Waals surface area contributed by atoms with Crippen LogP contribution in [0.5, 0.6) is 0 Å². The van der Waals surface area contributed by atoms with Gasteiger partial charge < -0.3 is 5.32 Å². The van der Waals surface area contributed by atoms with Crippen molar-refractivity contribution in [3.8, 4) is 0 Å². The minimum absolute atomic E-state index is 0.300. The minimum atomic E-state index is 0.300. The predicted molar refractivity (Wildman–Crippen MR) is 80.2 cm³/mol. The van der Waals surface area contributed by atoms with Crippen LogP contribution < -0.4 is 5.32 Å². The first kappa shape index (κ1) is 14.5. The third-order valence-electron chi connectivity index (χ3n) is 4.41.